The molecule has 2 N–H and O–H groups in total. The van der Waals surface area contributed by atoms with Crippen LogP contribution in [0.3, 0.4) is 0 Å². The van der Waals surface area contributed by atoms with E-state index in [0.29, 0.717) is 16.7 Å². The number of halogens is 2. The van der Waals surface area contributed by atoms with Gasteiger partial charge in [-0.15, -0.1) is 11.6 Å². The van der Waals surface area contributed by atoms with Gasteiger partial charge >= 0.3 is 0 Å². The van der Waals surface area contributed by atoms with Crippen molar-refractivity contribution < 1.29 is 18.4 Å². The number of benzene rings is 1. The molecule has 5 nitrogen and oxygen atoms in total. The summed E-state index contributed by atoms with van der Waals surface area (Å²) in [5.41, 5.74) is 2.52. The maximum atomic E-state index is 14.2. The van der Waals surface area contributed by atoms with Crippen molar-refractivity contribution in [3.8, 4) is 0 Å². The smallest absolute Gasteiger partial charge is 0.255 e. The lowest BCUT2D eigenvalue weighted by atomic mass is 9.95. The molecule has 1 aromatic heterocycles. The highest BCUT2D eigenvalue weighted by Gasteiger charge is 2.21. The number of hydrogen-bond acceptors (Lipinski definition) is 3. The summed E-state index contributed by atoms with van der Waals surface area (Å²) in [5, 5.41) is 5.32. The molecule has 2 aromatic rings. The Kier molecular flexibility index (Phi) is 5.93. The van der Waals surface area contributed by atoms with E-state index in [-0.39, 0.29) is 30.8 Å². The molecule has 26 heavy (non-hydrogen) atoms. The predicted octanol–water partition coefficient (Wildman–Crippen LogP) is 3.08. The minimum Gasteiger partial charge on any atom is -0.468 e. The van der Waals surface area contributed by atoms with Crippen LogP contribution in [0.5, 0.6) is 0 Å². The van der Waals surface area contributed by atoms with Gasteiger partial charge in [-0.1, -0.05) is 12.1 Å². The van der Waals surface area contributed by atoms with Crippen molar-refractivity contribution in [3.63, 3.8) is 0 Å². The molecule has 0 radical (unpaired) electrons. The van der Waals surface area contributed by atoms with Gasteiger partial charge in [0.15, 0.2) is 0 Å². The molecular formula is C19H20ClFN2O3. The van der Waals surface area contributed by atoms with Gasteiger partial charge in [-0.2, -0.15) is 0 Å². The number of carbonyl (C=O) groups excluding carboxylic acids is 2. The molecule has 0 fully saturated rings. The number of nitrogens with one attached hydrogen (secondary N) is 2. The number of carbonyl (C=O) groups is 2. The Labute approximate surface area is 155 Å². The quantitative estimate of drug-likeness (QED) is 0.759. The molecule has 138 valence electrons. The lowest BCUT2D eigenvalue weighted by Crippen LogP contribution is -2.25. The molecule has 1 aliphatic carbocycles. The Bertz CT molecular complexity index is 819. The van der Waals surface area contributed by atoms with E-state index >= 15 is 0 Å². The second-order valence-corrected chi connectivity index (χ2v) is 6.54. The first kappa shape index (κ1) is 18.5. The molecule has 0 atom stereocenters. The van der Waals surface area contributed by atoms with Gasteiger partial charge < -0.3 is 15.1 Å². The van der Waals surface area contributed by atoms with E-state index in [4.69, 9.17) is 16.0 Å². The molecule has 0 spiro atoms. The summed E-state index contributed by atoms with van der Waals surface area (Å²) >= 11 is 5.40. The highest BCUT2D eigenvalue weighted by Crippen LogP contribution is 2.26. The van der Waals surface area contributed by atoms with Crippen LogP contribution in [-0.2, 0) is 30.7 Å². The van der Waals surface area contributed by atoms with E-state index in [1.807, 2.05) is 0 Å². The lowest BCUT2D eigenvalue weighted by molar-refractivity contribution is -0.118. The third-order valence-corrected chi connectivity index (χ3v) is 4.72. The number of fused-ring (bicyclic) bond motifs is 1. The van der Waals surface area contributed by atoms with Crippen LogP contribution in [0, 0.1) is 5.82 Å². The number of alkyl halides is 1. The zero-order valence-corrected chi connectivity index (χ0v) is 15.0. The van der Waals surface area contributed by atoms with Crippen molar-refractivity contribution >= 4 is 23.4 Å². The zero-order valence-electron chi connectivity index (χ0n) is 14.2. The van der Waals surface area contributed by atoms with Crippen LogP contribution in [0.4, 0.5) is 4.39 Å². The minimum absolute atomic E-state index is 0.0823. The van der Waals surface area contributed by atoms with Gasteiger partial charge in [0.1, 0.15) is 23.7 Å². The summed E-state index contributed by atoms with van der Waals surface area (Å²) in [6.45, 7) is 0.287. The normalized spacial score (nSPS) is 13.2. The van der Waals surface area contributed by atoms with Gasteiger partial charge in [0.2, 0.25) is 5.91 Å². The number of aryl methyl sites for hydroxylation is 1. The van der Waals surface area contributed by atoms with E-state index < -0.39 is 5.82 Å². The van der Waals surface area contributed by atoms with E-state index in [9.17, 15) is 14.0 Å². The number of rotatable bonds is 6. The van der Waals surface area contributed by atoms with Crippen molar-refractivity contribution in [1.29, 1.82) is 0 Å². The van der Waals surface area contributed by atoms with Crippen molar-refractivity contribution in [1.82, 2.24) is 10.6 Å². The predicted molar refractivity (Wildman–Crippen MR) is 95.5 cm³/mol. The van der Waals surface area contributed by atoms with Gasteiger partial charge in [0.25, 0.3) is 5.91 Å². The van der Waals surface area contributed by atoms with Crippen LogP contribution in [0.2, 0.25) is 0 Å². The first-order chi connectivity index (χ1) is 12.6. The average molecular weight is 379 g/mol. The van der Waals surface area contributed by atoms with Crippen LogP contribution >= 0.6 is 11.6 Å². The molecule has 0 saturated heterocycles. The Hall–Kier alpha value is -2.34. The molecule has 1 aliphatic rings. The van der Waals surface area contributed by atoms with Crippen LogP contribution in [0.15, 0.2) is 28.9 Å². The van der Waals surface area contributed by atoms with Crippen LogP contribution in [-0.4, -0.2) is 17.7 Å². The second kappa shape index (κ2) is 8.36. The van der Waals surface area contributed by atoms with Gasteiger partial charge in [0, 0.05) is 30.6 Å². The van der Waals surface area contributed by atoms with Crippen molar-refractivity contribution in [2.24, 2.45) is 0 Å². The molecule has 7 heteroatoms. The third-order valence-electron chi connectivity index (χ3n) is 4.47. The maximum Gasteiger partial charge on any atom is 0.255 e. The summed E-state index contributed by atoms with van der Waals surface area (Å²) in [5.74, 6) is -0.251. The number of hydrogen-bond donors (Lipinski definition) is 2. The second-order valence-electron chi connectivity index (χ2n) is 6.28. The molecule has 0 aliphatic heterocycles. The molecular weight excluding hydrogens is 359 g/mol. The molecule has 0 saturated carbocycles. The Morgan fingerprint density at radius 3 is 2.73 bits per heavy atom. The molecule has 0 unspecified atom stereocenters. The fourth-order valence-electron chi connectivity index (χ4n) is 3.05. The summed E-state index contributed by atoms with van der Waals surface area (Å²) in [6, 6.07) is 4.65. The maximum absolute atomic E-state index is 14.2. The zero-order chi connectivity index (χ0) is 18.5. The van der Waals surface area contributed by atoms with Crippen molar-refractivity contribution in [2.75, 3.05) is 5.88 Å². The Morgan fingerprint density at radius 2 is 1.96 bits per heavy atom. The minimum atomic E-state index is -0.433. The highest BCUT2D eigenvalue weighted by atomic mass is 35.5. The largest absolute Gasteiger partial charge is 0.468 e. The molecule has 1 heterocycles. The Balaban J connectivity index is 1.60. The molecule has 0 bridgehead atoms. The first-order valence-electron chi connectivity index (χ1n) is 8.56. The Morgan fingerprint density at radius 1 is 1.15 bits per heavy atom. The van der Waals surface area contributed by atoms with E-state index in [1.165, 1.54) is 12.3 Å². The van der Waals surface area contributed by atoms with Gasteiger partial charge in [-0.05, 0) is 30.9 Å². The standard InChI is InChI=1S/C19H20ClFN2O3/c20-8-18(24)22-9-12-5-6-13(16(21)7-12)10-23-19(25)15-11-26-17-4-2-1-3-14(15)17/h5-7,11H,1-4,8-10H2,(H,22,24)(H,23,25). The van der Waals surface area contributed by atoms with Crippen molar-refractivity contribution in [2.45, 2.75) is 38.8 Å². The summed E-state index contributed by atoms with van der Waals surface area (Å²) in [7, 11) is 0. The third kappa shape index (κ3) is 4.25. The molecule has 3 rings (SSSR count). The van der Waals surface area contributed by atoms with Crippen LogP contribution in [0.25, 0.3) is 0 Å². The topological polar surface area (TPSA) is 71.3 Å². The van der Waals surface area contributed by atoms with Gasteiger partial charge in [0.05, 0.1) is 5.56 Å². The molecule has 2 amide bonds. The fraction of sp³-hybridized carbons (Fsp3) is 0.368. The summed E-state index contributed by atoms with van der Waals surface area (Å²) in [4.78, 5) is 23.5. The average Bonchev–Trinajstić information content (AvgIpc) is 3.09. The van der Waals surface area contributed by atoms with Gasteiger partial charge in [-0.25, -0.2) is 4.39 Å². The van der Waals surface area contributed by atoms with E-state index in [1.54, 1.807) is 12.1 Å². The fourth-order valence-corrected chi connectivity index (χ4v) is 3.14. The highest BCUT2D eigenvalue weighted by molar-refractivity contribution is 6.27. The summed E-state index contributed by atoms with van der Waals surface area (Å²) in [6.07, 6.45) is 5.31. The summed E-state index contributed by atoms with van der Waals surface area (Å²) < 4.78 is 19.7. The van der Waals surface area contributed by atoms with Crippen LogP contribution in [0.1, 0.15) is 45.7 Å². The number of furan rings is 1. The van der Waals surface area contributed by atoms with Gasteiger partial charge in [-0.3, -0.25) is 9.59 Å². The molecule has 1 aromatic carbocycles. The van der Waals surface area contributed by atoms with Crippen LogP contribution < -0.4 is 10.6 Å². The van der Waals surface area contributed by atoms with Crippen molar-refractivity contribution in [3.05, 3.63) is 58.3 Å². The number of amides is 2. The van der Waals surface area contributed by atoms with E-state index in [2.05, 4.69) is 10.6 Å². The van der Waals surface area contributed by atoms with E-state index in [0.717, 1.165) is 37.0 Å². The monoisotopic (exact) mass is 378 g/mol. The first-order valence-corrected chi connectivity index (χ1v) is 9.09. The SMILES string of the molecule is O=C(CCl)NCc1ccc(CNC(=O)c2coc3c2CCCC3)c(F)c1. The lowest BCUT2D eigenvalue weighted by Gasteiger charge is -2.11.